The van der Waals surface area contributed by atoms with Crippen LogP contribution < -0.4 is 5.32 Å². The lowest BCUT2D eigenvalue weighted by Gasteiger charge is -2.36. The van der Waals surface area contributed by atoms with Gasteiger partial charge < -0.3 is 15.2 Å². The Kier molecular flexibility index (Phi) is 6.12. The third kappa shape index (κ3) is 5.04. The Balaban J connectivity index is 2.45. The number of aliphatic carboxylic acids is 1. The second-order valence-electron chi connectivity index (χ2n) is 5.15. The summed E-state index contributed by atoms with van der Waals surface area (Å²) in [5.41, 5.74) is -0.243. The van der Waals surface area contributed by atoms with Gasteiger partial charge >= 0.3 is 5.97 Å². The molecule has 0 atom stereocenters. The SMILES string of the molecule is COCCC(=O)NCC1(CC(=O)O)CCCCC1. The Hall–Kier alpha value is -1.10. The van der Waals surface area contributed by atoms with Crippen LogP contribution in [0.5, 0.6) is 0 Å². The van der Waals surface area contributed by atoms with Crippen LogP contribution in [0.1, 0.15) is 44.9 Å². The summed E-state index contributed by atoms with van der Waals surface area (Å²) in [5, 5.41) is 11.9. The lowest BCUT2D eigenvalue weighted by atomic mass is 9.71. The first-order valence-corrected chi connectivity index (χ1v) is 6.55. The number of carbonyl (C=O) groups is 2. The summed E-state index contributed by atoms with van der Waals surface area (Å²) in [6, 6.07) is 0. The minimum absolute atomic E-state index is 0.0628. The predicted octanol–water partition coefficient (Wildman–Crippen LogP) is 1.56. The molecule has 104 valence electrons. The molecule has 0 aromatic carbocycles. The average Bonchev–Trinajstić information content (AvgIpc) is 2.34. The zero-order valence-electron chi connectivity index (χ0n) is 11.0. The van der Waals surface area contributed by atoms with Gasteiger partial charge in [-0.1, -0.05) is 19.3 Å². The molecule has 0 radical (unpaired) electrons. The first kappa shape index (κ1) is 15.0. The zero-order valence-corrected chi connectivity index (χ0v) is 11.0. The van der Waals surface area contributed by atoms with E-state index in [0.29, 0.717) is 19.6 Å². The van der Waals surface area contributed by atoms with Crippen LogP contribution in [0.2, 0.25) is 0 Å². The molecular weight excluding hydrogens is 234 g/mol. The maximum Gasteiger partial charge on any atom is 0.303 e. The van der Waals surface area contributed by atoms with Gasteiger partial charge in [-0.05, 0) is 18.3 Å². The molecule has 1 saturated carbocycles. The van der Waals surface area contributed by atoms with E-state index in [4.69, 9.17) is 9.84 Å². The largest absolute Gasteiger partial charge is 0.481 e. The molecule has 1 fully saturated rings. The van der Waals surface area contributed by atoms with Gasteiger partial charge in [0.1, 0.15) is 0 Å². The van der Waals surface area contributed by atoms with Gasteiger partial charge in [0.05, 0.1) is 13.0 Å². The Bertz CT molecular complexity index is 285. The Morgan fingerprint density at radius 3 is 2.50 bits per heavy atom. The summed E-state index contributed by atoms with van der Waals surface area (Å²) in [7, 11) is 1.56. The van der Waals surface area contributed by atoms with E-state index in [-0.39, 0.29) is 17.7 Å². The molecule has 0 spiro atoms. The van der Waals surface area contributed by atoms with Crippen molar-refractivity contribution in [3.63, 3.8) is 0 Å². The summed E-state index contributed by atoms with van der Waals surface area (Å²) in [5.74, 6) is -0.838. The highest BCUT2D eigenvalue weighted by Gasteiger charge is 2.34. The monoisotopic (exact) mass is 257 g/mol. The molecule has 0 bridgehead atoms. The summed E-state index contributed by atoms with van der Waals surface area (Å²) >= 11 is 0. The molecule has 0 unspecified atom stereocenters. The highest BCUT2D eigenvalue weighted by molar-refractivity contribution is 5.76. The first-order chi connectivity index (χ1) is 8.58. The summed E-state index contributed by atoms with van der Waals surface area (Å²) < 4.78 is 4.84. The van der Waals surface area contributed by atoms with E-state index in [2.05, 4.69) is 5.32 Å². The topological polar surface area (TPSA) is 75.6 Å². The molecule has 1 amide bonds. The van der Waals surface area contributed by atoms with Gasteiger partial charge in [0, 0.05) is 20.1 Å². The number of methoxy groups -OCH3 is 1. The predicted molar refractivity (Wildman–Crippen MR) is 67.3 cm³/mol. The highest BCUT2D eigenvalue weighted by atomic mass is 16.5. The third-order valence-electron chi connectivity index (χ3n) is 3.63. The number of hydrogen-bond acceptors (Lipinski definition) is 3. The maximum atomic E-state index is 11.5. The fraction of sp³-hybridized carbons (Fsp3) is 0.846. The number of nitrogens with one attached hydrogen (secondary N) is 1. The molecule has 2 N–H and O–H groups in total. The third-order valence-corrected chi connectivity index (χ3v) is 3.63. The van der Waals surface area contributed by atoms with Gasteiger partial charge in [-0.15, -0.1) is 0 Å². The number of amides is 1. The number of ether oxygens (including phenoxy) is 1. The van der Waals surface area contributed by atoms with Gasteiger partial charge in [-0.25, -0.2) is 0 Å². The minimum atomic E-state index is -0.775. The summed E-state index contributed by atoms with van der Waals surface area (Å²) in [6.07, 6.45) is 5.55. The van der Waals surface area contributed by atoms with Crippen LogP contribution in [-0.4, -0.2) is 37.2 Å². The van der Waals surface area contributed by atoms with E-state index >= 15 is 0 Å². The lowest BCUT2D eigenvalue weighted by Crippen LogP contribution is -2.40. The second-order valence-corrected chi connectivity index (χ2v) is 5.15. The molecule has 0 heterocycles. The molecule has 0 aromatic heterocycles. The summed E-state index contributed by atoms with van der Waals surface area (Å²) in [6.45, 7) is 0.875. The molecule has 5 nitrogen and oxygen atoms in total. The molecular formula is C13H23NO4. The molecule has 0 saturated heterocycles. The van der Waals surface area contributed by atoms with Crippen molar-refractivity contribution >= 4 is 11.9 Å². The van der Waals surface area contributed by atoms with Gasteiger partial charge in [0.25, 0.3) is 0 Å². The van der Waals surface area contributed by atoms with E-state index in [9.17, 15) is 9.59 Å². The van der Waals surface area contributed by atoms with Crippen LogP contribution >= 0.6 is 0 Å². The van der Waals surface area contributed by atoms with Crippen LogP contribution in [0.15, 0.2) is 0 Å². The molecule has 0 aliphatic heterocycles. The van der Waals surface area contributed by atoms with Gasteiger partial charge in [0.15, 0.2) is 0 Å². The van der Waals surface area contributed by atoms with E-state index in [0.717, 1.165) is 25.7 Å². The maximum absolute atomic E-state index is 11.5. The number of hydrogen-bond donors (Lipinski definition) is 2. The normalized spacial score (nSPS) is 18.3. The number of carbonyl (C=O) groups excluding carboxylic acids is 1. The van der Waals surface area contributed by atoms with Crippen LogP contribution in [-0.2, 0) is 14.3 Å². The molecule has 1 rings (SSSR count). The van der Waals surface area contributed by atoms with Crippen molar-refractivity contribution < 1.29 is 19.4 Å². The lowest BCUT2D eigenvalue weighted by molar-refractivity contribution is -0.140. The fourth-order valence-electron chi connectivity index (χ4n) is 2.61. The Labute approximate surface area is 108 Å². The Morgan fingerprint density at radius 1 is 1.28 bits per heavy atom. The highest BCUT2D eigenvalue weighted by Crippen LogP contribution is 2.38. The second kappa shape index (κ2) is 7.36. The van der Waals surface area contributed by atoms with Crippen molar-refractivity contribution in [3.05, 3.63) is 0 Å². The molecule has 18 heavy (non-hydrogen) atoms. The molecule has 1 aliphatic rings. The summed E-state index contributed by atoms with van der Waals surface area (Å²) in [4.78, 5) is 22.5. The van der Waals surface area contributed by atoms with Crippen molar-refractivity contribution in [2.45, 2.75) is 44.9 Å². The molecule has 1 aliphatic carbocycles. The van der Waals surface area contributed by atoms with Crippen molar-refractivity contribution in [3.8, 4) is 0 Å². The van der Waals surface area contributed by atoms with Crippen LogP contribution in [0.4, 0.5) is 0 Å². The van der Waals surface area contributed by atoms with E-state index in [1.807, 2.05) is 0 Å². The quantitative estimate of drug-likeness (QED) is 0.725. The average molecular weight is 257 g/mol. The van der Waals surface area contributed by atoms with Crippen molar-refractivity contribution in [1.82, 2.24) is 5.32 Å². The number of carboxylic acids is 1. The van der Waals surface area contributed by atoms with Crippen LogP contribution in [0.25, 0.3) is 0 Å². The first-order valence-electron chi connectivity index (χ1n) is 6.55. The van der Waals surface area contributed by atoms with Crippen molar-refractivity contribution in [2.75, 3.05) is 20.3 Å². The number of rotatable bonds is 7. The minimum Gasteiger partial charge on any atom is -0.481 e. The zero-order chi connectivity index (χ0) is 13.4. The van der Waals surface area contributed by atoms with Gasteiger partial charge in [0.2, 0.25) is 5.91 Å². The smallest absolute Gasteiger partial charge is 0.303 e. The van der Waals surface area contributed by atoms with Crippen LogP contribution in [0, 0.1) is 5.41 Å². The molecule has 0 aromatic rings. The van der Waals surface area contributed by atoms with Gasteiger partial charge in [-0.3, -0.25) is 9.59 Å². The van der Waals surface area contributed by atoms with Crippen molar-refractivity contribution in [1.29, 1.82) is 0 Å². The van der Waals surface area contributed by atoms with E-state index in [1.165, 1.54) is 6.42 Å². The molecule has 5 heteroatoms. The standard InChI is InChI=1S/C13H23NO4/c1-18-8-5-11(15)14-10-13(9-12(16)17)6-3-2-4-7-13/h2-10H2,1H3,(H,14,15)(H,16,17). The van der Waals surface area contributed by atoms with E-state index in [1.54, 1.807) is 7.11 Å². The van der Waals surface area contributed by atoms with Crippen molar-refractivity contribution in [2.24, 2.45) is 5.41 Å². The van der Waals surface area contributed by atoms with Crippen LogP contribution in [0.3, 0.4) is 0 Å². The Morgan fingerprint density at radius 2 is 1.94 bits per heavy atom. The fourth-order valence-corrected chi connectivity index (χ4v) is 2.61. The van der Waals surface area contributed by atoms with E-state index < -0.39 is 5.97 Å². The number of carboxylic acid groups (broad SMARTS) is 1. The van der Waals surface area contributed by atoms with Gasteiger partial charge in [-0.2, -0.15) is 0 Å².